The summed E-state index contributed by atoms with van der Waals surface area (Å²) in [5, 5.41) is 13.3. The SMILES string of the molecule is CN(C(=O)Nc1ncc(SC(C)(C)C(=O)O)s1)C1CCC(c2ccc(Br)c(Cl)c2)C1. The molecular weight excluding hydrogens is 510 g/mol. The van der Waals surface area contributed by atoms with Crippen LogP contribution in [0.4, 0.5) is 9.93 Å². The summed E-state index contributed by atoms with van der Waals surface area (Å²) in [5.41, 5.74) is 1.20. The van der Waals surface area contributed by atoms with Gasteiger partial charge in [0.1, 0.15) is 4.75 Å². The van der Waals surface area contributed by atoms with Gasteiger partial charge in [0.2, 0.25) is 0 Å². The molecule has 6 nitrogen and oxygen atoms in total. The van der Waals surface area contributed by atoms with Crippen molar-refractivity contribution < 1.29 is 14.7 Å². The van der Waals surface area contributed by atoms with Crippen LogP contribution in [0.2, 0.25) is 5.02 Å². The number of urea groups is 1. The fourth-order valence-corrected chi connectivity index (χ4v) is 6.08. The van der Waals surface area contributed by atoms with Crippen LogP contribution in [0, 0.1) is 0 Å². The summed E-state index contributed by atoms with van der Waals surface area (Å²) in [7, 11) is 1.80. The quantitative estimate of drug-likeness (QED) is 0.426. The second kappa shape index (κ2) is 9.46. The standard InChI is InChI=1S/C20H23BrClN3O3S2/c1-20(2,17(26)27)30-16-10-23-18(29-16)24-19(28)25(3)13-6-4-11(8-13)12-5-7-14(21)15(22)9-12/h5,7,9-11,13H,4,6,8H2,1-3H3,(H,26,27)(H,23,24,28). The molecule has 1 fully saturated rings. The Balaban J connectivity index is 1.57. The lowest BCUT2D eigenvalue weighted by molar-refractivity contribution is -0.138. The summed E-state index contributed by atoms with van der Waals surface area (Å²) in [6.45, 7) is 3.28. The maximum atomic E-state index is 12.7. The van der Waals surface area contributed by atoms with E-state index in [1.807, 2.05) is 12.1 Å². The molecule has 0 radical (unpaired) electrons. The first-order chi connectivity index (χ1) is 14.1. The average molecular weight is 533 g/mol. The van der Waals surface area contributed by atoms with E-state index in [2.05, 4.69) is 32.3 Å². The number of thioether (sulfide) groups is 1. The fourth-order valence-electron chi connectivity index (χ4n) is 3.38. The van der Waals surface area contributed by atoms with E-state index in [1.165, 1.54) is 28.7 Å². The van der Waals surface area contributed by atoms with Gasteiger partial charge in [-0.1, -0.05) is 40.8 Å². The third kappa shape index (κ3) is 5.49. The van der Waals surface area contributed by atoms with Crippen molar-refractivity contribution in [2.75, 3.05) is 12.4 Å². The summed E-state index contributed by atoms with van der Waals surface area (Å²) >= 11 is 12.1. The van der Waals surface area contributed by atoms with Crippen molar-refractivity contribution in [3.8, 4) is 0 Å². The minimum absolute atomic E-state index is 0.136. The molecule has 0 bridgehead atoms. The predicted molar refractivity (Wildman–Crippen MR) is 126 cm³/mol. The fraction of sp³-hybridized carbons (Fsp3) is 0.450. The number of carbonyl (C=O) groups is 2. The molecule has 10 heteroatoms. The second-order valence-electron chi connectivity index (χ2n) is 7.78. The molecule has 0 saturated heterocycles. The van der Waals surface area contributed by atoms with Crippen LogP contribution >= 0.6 is 50.6 Å². The first kappa shape index (κ1) is 23.4. The van der Waals surface area contributed by atoms with Crippen molar-refractivity contribution in [1.82, 2.24) is 9.88 Å². The van der Waals surface area contributed by atoms with Crippen molar-refractivity contribution >= 4 is 67.8 Å². The van der Waals surface area contributed by atoms with Gasteiger partial charge in [-0.05, 0) is 72.7 Å². The van der Waals surface area contributed by atoms with Crippen molar-refractivity contribution in [1.29, 1.82) is 0 Å². The van der Waals surface area contributed by atoms with Gasteiger partial charge in [-0.15, -0.1) is 0 Å². The number of benzene rings is 1. The number of carbonyl (C=O) groups excluding carboxylic acids is 1. The van der Waals surface area contributed by atoms with Gasteiger partial charge >= 0.3 is 12.0 Å². The minimum atomic E-state index is -0.959. The summed E-state index contributed by atoms with van der Waals surface area (Å²) < 4.78 is 0.666. The van der Waals surface area contributed by atoms with Crippen LogP contribution in [-0.4, -0.2) is 44.8 Å². The van der Waals surface area contributed by atoms with E-state index in [9.17, 15) is 14.7 Å². The molecule has 1 aromatic carbocycles. The lowest BCUT2D eigenvalue weighted by atomic mass is 9.97. The van der Waals surface area contributed by atoms with Crippen molar-refractivity contribution in [2.45, 2.75) is 54.0 Å². The van der Waals surface area contributed by atoms with Gasteiger partial charge in [-0.2, -0.15) is 0 Å². The van der Waals surface area contributed by atoms with Gasteiger partial charge < -0.3 is 10.0 Å². The van der Waals surface area contributed by atoms with Gasteiger partial charge in [0, 0.05) is 17.6 Å². The molecule has 0 spiro atoms. The number of carboxylic acids is 1. The van der Waals surface area contributed by atoms with E-state index in [0.29, 0.717) is 16.1 Å². The molecule has 2 atom stereocenters. The van der Waals surface area contributed by atoms with Gasteiger partial charge in [0.25, 0.3) is 0 Å². The van der Waals surface area contributed by atoms with Crippen LogP contribution in [0.1, 0.15) is 44.6 Å². The van der Waals surface area contributed by atoms with Crippen molar-refractivity contribution in [3.63, 3.8) is 0 Å². The van der Waals surface area contributed by atoms with Crippen LogP contribution in [0.25, 0.3) is 0 Å². The summed E-state index contributed by atoms with van der Waals surface area (Å²) in [6, 6.07) is 5.96. The van der Waals surface area contributed by atoms with Gasteiger partial charge in [0.05, 0.1) is 15.4 Å². The highest BCUT2D eigenvalue weighted by atomic mass is 79.9. The minimum Gasteiger partial charge on any atom is -0.480 e. The molecule has 1 aromatic heterocycles. The highest BCUT2D eigenvalue weighted by Crippen LogP contribution is 2.40. The van der Waals surface area contributed by atoms with Crippen LogP contribution in [0.3, 0.4) is 0 Å². The Morgan fingerprint density at radius 1 is 1.40 bits per heavy atom. The number of rotatable bonds is 6. The Hall–Kier alpha value is -1.29. The maximum absolute atomic E-state index is 12.7. The third-order valence-electron chi connectivity index (χ3n) is 5.26. The number of halogens is 2. The number of aromatic nitrogens is 1. The Labute approximate surface area is 197 Å². The number of amides is 2. The molecule has 162 valence electrons. The van der Waals surface area contributed by atoms with Gasteiger partial charge in [-0.3, -0.25) is 10.1 Å². The number of nitrogens with zero attached hydrogens (tertiary/aromatic N) is 2. The lowest BCUT2D eigenvalue weighted by Crippen LogP contribution is -2.38. The van der Waals surface area contributed by atoms with E-state index >= 15 is 0 Å². The van der Waals surface area contributed by atoms with Crippen molar-refractivity contribution in [3.05, 3.63) is 39.5 Å². The Morgan fingerprint density at radius 2 is 2.13 bits per heavy atom. The van der Waals surface area contributed by atoms with Crippen LogP contribution < -0.4 is 5.32 Å². The number of carboxylic acid groups (broad SMARTS) is 1. The molecular formula is C20H23BrClN3O3S2. The zero-order chi connectivity index (χ0) is 22.1. The summed E-state index contributed by atoms with van der Waals surface area (Å²) in [6.07, 6.45) is 4.41. The highest BCUT2D eigenvalue weighted by molar-refractivity contribution is 9.10. The molecule has 3 rings (SSSR count). The van der Waals surface area contributed by atoms with Crippen LogP contribution in [0.5, 0.6) is 0 Å². The number of hydrogen-bond acceptors (Lipinski definition) is 5. The largest absolute Gasteiger partial charge is 0.480 e. The molecule has 30 heavy (non-hydrogen) atoms. The van der Waals surface area contributed by atoms with Crippen molar-refractivity contribution in [2.24, 2.45) is 0 Å². The van der Waals surface area contributed by atoms with E-state index in [0.717, 1.165) is 27.9 Å². The molecule has 2 N–H and O–H groups in total. The first-order valence-electron chi connectivity index (χ1n) is 9.44. The Bertz CT molecular complexity index is 953. The van der Waals surface area contributed by atoms with E-state index in [1.54, 1.807) is 32.0 Å². The van der Waals surface area contributed by atoms with Crippen LogP contribution in [0.15, 0.2) is 33.1 Å². The predicted octanol–water partition coefficient (Wildman–Crippen LogP) is 6.31. The highest BCUT2D eigenvalue weighted by Gasteiger charge is 2.32. The Morgan fingerprint density at radius 3 is 2.80 bits per heavy atom. The molecule has 2 amide bonds. The van der Waals surface area contributed by atoms with Gasteiger partial charge in [-0.25, -0.2) is 9.78 Å². The van der Waals surface area contributed by atoms with E-state index in [4.69, 9.17) is 11.6 Å². The second-order valence-corrected chi connectivity index (χ2v) is 12.0. The molecule has 2 aromatic rings. The number of nitrogens with one attached hydrogen (secondary N) is 1. The molecule has 1 saturated carbocycles. The molecule has 0 aliphatic heterocycles. The summed E-state index contributed by atoms with van der Waals surface area (Å²) in [5.74, 6) is -0.522. The Kier molecular flexibility index (Phi) is 7.37. The van der Waals surface area contributed by atoms with E-state index in [-0.39, 0.29) is 12.1 Å². The third-order valence-corrected chi connectivity index (χ3v) is 8.69. The molecule has 1 heterocycles. The number of aliphatic carboxylic acids is 1. The van der Waals surface area contributed by atoms with Crippen LogP contribution in [-0.2, 0) is 4.79 Å². The smallest absolute Gasteiger partial charge is 0.323 e. The van der Waals surface area contributed by atoms with E-state index < -0.39 is 10.7 Å². The molecule has 1 aliphatic rings. The number of thiazole rings is 1. The normalized spacial score (nSPS) is 19.0. The maximum Gasteiger partial charge on any atom is 0.323 e. The number of anilines is 1. The first-order valence-corrected chi connectivity index (χ1v) is 12.2. The zero-order valence-electron chi connectivity index (χ0n) is 16.8. The summed E-state index contributed by atoms with van der Waals surface area (Å²) in [4.78, 5) is 29.9. The molecule has 2 unspecified atom stereocenters. The van der Waals surface area contributed by atoms with Gasteiger partial charge in [0.15, 0.2) is 5.13 Å². The average Bonchev–Trinajstić information content (AvgIpc) is 3.32. The lowest BCUT2D eigenvalue weighted by Gasteiger charge is -2.24. The number of hydrogen-bond donors (Lipinski definition) is 2. The monoisotopic (exact) mass is 531 g/mol. The molecule has 1 aliphatic carbocycles. The topological polar surface area (TPSA) is 82.5 Å². The zero-order valence-corrected chi connectivity index (χ0v) is 20.8.